The first-order chi connectivity index (χ1) is 5.12. The van der Waals surface area contributed by atoms with Gasteiger partial charge in [-0.15, -0.1) is 0 Å². The predicted molar refractivity (Wildman–Crippen MR) is 45.4 cm³/mol. The van der Waals surface area contributed by atoms with Crippen LogP contribution in [-0.2, 0) is 9.84 Å². The molecule has 0 saturated heterocycles. The van der Waals surface area contributed by atoms with Crippen molar-refractivity contribution in [2.45, 2.75) is 6.42 Å². The quantitative estimate of drug-likeness (QED) is 0.590. The van der Waals surface area contributed by atoms with Crippen molar-refractivity contribution < 1.29 is 18.1 Å². The lowest BCUT2D eigenvalue weighted by molar-refractivity contribution is 0.295. The summed E-state index contributed by atoms with van der Waals surface area (Å²) in [5, 5.41) is 8.34. The van der Waals surface area contributed by atoms with Gasteiger partial charge >= 0.3 is 0 Å². The van der Waals surface area contributed by atoms with Crippen LogP contribution in [-0.4, -0.2) is 41.9 Å². The van der Waals surface area contributed by atoms with E-state index in [9.17, 15) is 8.42 Å². The molecule has 0 aromatic carbocycles. The summed E-state index contributed by atoms with van der Waals surface area (Å²) in [6, 6.07) is 0. The Balaban J connectivity index is 3.63. The number of rotatable bonds is 6. The number of sulfone groups is 1. The second-order valence-corrected chi connectivity index (χ2v) is 5.03. The van der Waals surface area contributed by atoms with Crippen molar-refractivity contribution in [1.82, 2.24) is 0 Å². The highest BCUT2D eigenvalue weighted by atomic mass is 32.2. The third-order valence-electron chi connectivity index (χ3n) is 1.10. The number of hydrogen-bond donors (Lipinski definition) is 2. The Morgan fingerprint density at radius 3 is 2.36 bits per heavy atom. The number of aliphatic hydroxyl groups excluding tert-OH is 1. The van der Waals surface area contributed by atoms with Gasteiger partial charge in [0.05, 0.1) is 11.5 Å². The van der Waals surface area contributed by atoms with E-state index in [-0.39, 0.29) is 30.3 Å². The SMILES string of the molecule is O=S(=O)(CCCO)CCSO. The second-order valence-electron chi connectivity index (χ2n) is 2.06. The van der Waals surface area contributed by atoms with Gasteiger partial charge in [-0.1, -0.05) is 0 Å². The zero-order valence-electron chi connectivity index (χ0n) is 6.06. The minimum Gasteiger partial charge on any atom is -0.396 e. The van der Waals surface area contributed by atoms with Crippen LogP contribution < -0.4 is 0 Å². The summed E-state index contributed by atoms with van der Waals surface area (Å²) in [6.45, 7) is -0.106. The Morgan fingerprint density at radius 2 is 1.91 bits per heavy atom. The number of hydrogen-bond acceptors (Lipinski definition) is 5. The average molecular weight is 200 g/mol. The van der Waals surface area contributed by atoms with Crippen LogP contribution in [0.1, 0.15) is 6.42 Å². The Kier molecular flexibility index (Phi) is 5.93. The second kappa shape index (κ2) is 5.82. The summed E-state index contributed by atoms with van der Waals surface area (Å²) in [5.41, 5.74) is 0. The van der Waals surface area contributed by atoms with E-state index in [2.05, 4.69) is 0 Å². The molecule has 0 aromatic heterocycles. The van der Waals surface area contributed by atoms with Crippen molar-refractivity contribution in [3.8, 4) is 0 Å². The third-order valence-corrected chi connectivity index (χ3v) is 3.48. The van der Waals surface area contributed by atoms with Gasteiger partial charge in [-0.2, -0.15) is 0 Å². The van der Waals surface area contributed by atoms with Gasteiger partial charge < -0.3 is 9.66 Å². The molecule has 0 spiro atoms. The van der Waals surface area contributed by atoms with Crippen molar-refractivity contribution in [3.05, 3.63) is 0 Å². The van der Waals surface area contributed by atoms with Crippen LogP contribution in [0.2, 0.25) is 0 Å². The monoisotopic (exact) mass is 200 g/mol. The fraction of sp³-hybridized carbons (Fsp3) is 1.00. The fourth-order valence-electron chi connectivity index (χ4n) is 0.551. The summed E-state index contributed by atoms with van der Waals surface area (Å²) in [6.07, 6.45) is 0.276. The van der Waals surface area contributed by atoms with Crippen molar-refractivity contribution in [2.75, 3.05) is 23.9 Å². The van der Waals surface area contributed by atoms with Crippen molar-refractivity contribution in [1.29, 1.82) is 0 Å². The molecule has 68 valence electrons. The van der Waals surface area contributed by atoms with Crippen molar-refractivity contribution in [2.24, 2.45) is 0 Å². The van der Waals surface area contributed by atoms with Crippen LogP contribution in [0.4, 0.5) is 0 Å². The van der Waals surface area contributed by atoms with Gasteiger partial charge in [-0.25, -0.2) is 8.42 Å². The van der Waals surface area contributed by atoms with Crippen LogP contribution in [0, 0.1) is 0 Å². The maximum atomic E-state index is 10.9. The zero-order valence-corrected chi connectivity index (χ0v) is 7.70. The van der Waals surface area contributed by atoms with Crippen molar-refractivity contribution in [3.63, 3.8) is 0 Å². The highest BCUT2D eigenvalue weighted by Crippen LogP contribution is 1.98. The highest BCUT2D eigenvalue weighted by molar-refractivity contribution is 7.96. The number of aliphatic hydroxyl groups is 1. The maximum Gasteiger partial charge on any atom is 0.151 e. The lowest BCUT2D eigenvalue weighted by Gasteiger charge is -1.99. The molecule has 2 N–H and O–H groups in total. The van der Waals surface area contributed by atoms with Gasteiger partial charge in [-0.05, 0) is 18.5 Å². The van der Waals surface area contributed by atoms with Gasteiger partial charge in [0.25, 0.3) is 0 Å². The Morgan fingerprint density at radius 1 is 1.27 bits per heavy atom. The van der Waals surface area contributed by atoms with Gasteiger partial charge in [0.15, 0.2) is 9.84 Å². The smallest absolute Gasteiger partial charge is 0.151 e. The lowest BCUT2D eigenvalue weighted by Crippen LogP contribution is -2.13. The topological polar surface area (TPSA) is 74.6 Å². The van der Waals surface area contributed by atoms with E-state index in [1.54, 1.807) is 0 Å². The largest absolute Gasteiger partial charge is 0.396 e. The normalized spacial score (nSPS) is 11.8. The molecule has 0 bridgehead atoms. The molecule has 0 heterocycles. The van der Waals surface area contributed by atoms with Crippen LogP contribution in [0.3, 0.4) is 0 Å². The molecule has 11 heavy (non-hydrogen) atoms. The minimum absolute atomic E-state index is 0.00403. The van der Waals surface area contributed by atoms with Crippen LogP contribution in [0.15, 0.2) is 0 Å². The summed E-state index contributed by atoms with van der Waals surface area (Å²) in [4.78, 5) is 0. The molecular weight excluding hydrogens is 188 g/mol. The van der Waals surface area contributed by atoms with Crippen LogP contribution >= 0.6 is 12.0 Å². The zero-order chi connectivity index (χ0) is 8.74. The molecular formula is C5H12O4S2. The summed E-state index contributed by atoms with van der Waals surface area (Å²) >= 11 is 0.520. The Labute approximate surface area is 70.7 Å². The predicted octanol–water partition coefficient (Wildman–Crippen LogP) is -0.0102. The molecule has 0 aromatic rings. The van der Waals surface area contributed by atoms with Crippen LogP contribution in [0.25, 0.3) is 0 Å². The molecule has 0 amide bonds. The van der Waals surface area contributed by atoms with Gasteiger partial charge in [0.1, 0.15) is 0 Å². The Hall–Kier alpha value is 0.220. The lowest BCUT2D eigenvalue weighted by atomic mass is 10.5. The first-order valence-corrected chi connectivity index (χ1v) is 5.96. The fourth-order valence-corrected chi connectivity index (χ4v) is 2.64. The highest BCUT2D eigenvalue weighted by Gasteiger charge is 2.08. The molecule has 4 nitrogen and oxygen atoms in total. The summed E-state index contributed by atoms with van der Waals surface area (Å²) in [5.74, 6) is 0.186. The first kappa shape index (κ1) is 11.2. The molecule has 6 heteroatoms. The average Bonchev–Trinajstić information content (AvgIpc) is 1.97. The van der Waals surface area contributed by atoms with E-state index in [1.807, 2.05) is 0 Å². The van der Waals surface area contributed by atoms with E-state index in [0.29, 0.717) is 12.0 Å². The minimum atomic E-state index is -3.05. The molecule has 0 aliphatic rings. The van der Waals surface area contributed by atoms with Crippen LogP contribution in [0.5, 0.6) is 0 Å². The molecule has 0 aliphatic carbocycles. The molecule has 0 fully saturated rings. The Bertz CT molecular complexity index is 161. The van der Waals surface area contributed by atoms with E-state index in [0.717, 1.165) is 0 Å². The molecule has 0 rings (SSSR count). The van der Waals surface area contributed by atoms with Crippen molar-refractivity contribution >= 4 is 21.9 Å². The summed E-state index contributed by atoms with van der Waals surface area (Å²) in [7, 11) is -3.05. The standard InChI is InChI=1S/C5H12O4S2/c6-2-1-4-11(8,9)5-3-10-7/h6-7H,1-5H2. The van der Waals surface area contributed by atoms with E-state index < -0.39 is 9.84 Å². The van der Waals surface area contributed by atoms with E-state index in [1.165, 1.54) is 0 Å². The molecule has 0 saturated carbocycles. The molecule has 0 atom stereocenters. The summed E-state index contributed by atoms with van der Waals surface area (Å²) < 4.78 is 30.1. The van der Waals surface area contributed by atoms with E-state index >= 15 is 0 Å². The molecule has 0 radical (unpaired) electrons. The van der Waals surface area contributed by atoms with Gasteiger partial charge in [0.2, 0.25) is 0 Å². The van der Waals surface area contributed by atoms with Gasteiger partial charge in [-0.3, -0.25) is 0 Å². The maximum absolute atomic E-state index is 10.9. The molecule has 0 aliphatic heterocycles. The first-order valence-electron chi connectivity index (χ1n) is 3.20. The molecule has 0 unspecified atom stereocenters. The van der Waals surface area contributed by atoms with E-state index in [4.69, 9.17) is 9.66 Å². The van der Waals surface area contributed by atoms with Gasteiger partial charge in [0, 0.05) is 12.4 Å². The third kappa shape index (κ3) is 6.61.